The minimum absolute atomic E-state index is 0.261. The number of urea groups is 1. The summed E-state index contributed by atoms with van der Waals surface area (Å²) in [6.45, 7) is 3.66. The lowest BCUT2D eigenvalue weighted by atomic mass is 10.2. The van der Waals surface area contributed by atoms with Gasteiger partial charge in [0.25, 0.3) is 0 Å². The normalized spacial score (nSPS) is 12.0. The average molecular weight is 341 g/mol. The second-order valence-corrected chi connectivity index (χ2v) is 5.25. The van der Waals surface area contributed by atoms with Gasteiger partial charge < -0.3 is 15.1 Å². The number of hydrogen-bond donors (Lipinski definition) is 2. The van der Waals surface area contributed by atoms with Crippen LogP contribution in [0.25, 0.3) is 0 Å². The topological polar surface area (TPSA) is 54.3 Å². The molecule has 1 atom stereocenters. The number of rotatable bonds is 3. The van der Waals surface area contributed by atoms with Gasteiger partial charge >= 0.3 is 6.03 Å². The van der Waals surface area contributed by atoms with Gasteiger partial charge in [0.05, 0.1) is 11.7 Å². The van der Waals surface area contributed by atoms with Crippen molar-refractivity contribution in [2.24, 2.45) is 0 Å². The summed E-state index contributed by atoms with van der Waals surface area (Å²) < 4.78 is 18.9. The summed E-state index contributed by atoms with van der Waals surface area (Å²) in [5.41, 5.74) is 0.492. The van der Waals surface area contributed by atoms with Crippen LogP contribution in [0.4, 0.5) is 14.9 Å². The molecule has 1 heterocycles. The van der Waals surface area contributed by atoms with Crippen LogP contribution in [0, 0.1) is 12.7 Å². The minimum Gasteiger partial charge on any atom is -0.464 e. The highest BCUT2D eigenvalue weighted by atomic mass is 79.9. The third-order valence-electron chi connectivity index (χ3n) is 2.71. The van der Waals surface area contributed by atoms with Crippen LogP contribution < -0.4 is 10.6 Å². The summed E-state index contributed by atoms with van der Waals surface area (Å²) in [5, 5.41) is 5.38. The quantitative estimate of drug-likeness (QED) is 0.871. The molecule has 106 valence electrons. The molecule has 0 radical (unpaired) electrons. The van der Waals surface area contributed by atoms with Gasteiger partial charge in [0, 0.05) is 4.47 Å². The van der Waals surface area contributed by atoms with E-state index >= 15 is 0 Å². The molecule has 6 heteroatoms. The molecule has 0 saturated carbocycles. The molecule has 0 fully saturated rings. The Balaban J connectivity index is 1.98. The highest BCUT2D eigenvalue weighted by molar-refractivity contribution is 9.10. The van der Waals surface area contributed by atoms with E-state index in [1.807, 2.05) is 26.0 Å². The SMILES string of the molecule is Cc1ccc(C(C)NC(=O)Nc2ccc(F)cc2Br)o1. The van der Waals surface area contributed by atoms with Gasteiger partial charge in [0.1, 0.15) is 17.3 Å². The van der Waals surface area contributed by atoms with Crippen LogP contribution in [0.5, 0.6) is 0 Å². The van der Waals surface area contributed by atoms with Crippen molar-refractivity contribution in [3.05, 3.63) is 52.1 Å². The molecule has 2 aromatic rings. The minimum atomic E-state index is -0.390. The van der Waals surface area contributed by atoms with E-state index in [4.69, 9.17) is 4.42 Å². The molecule has 0 bridgehead atoms. The van der Waals surface area contributed by atoms with Crippen molar-refractivity contribution >= 4 is 27.6 Å². The van der Waals surface area contributed by atoms with Gasteiger partial charge in [0.2, 0.25) is 0 Å². The average Bonchev–Trinajstić information content (AvgIpc) is 2.79. The molecular formula is C14H14BrFN2O2. The van der Waals surface area contributed by atoms with Crippen molar-refractivity contribution in [2.75, 3.05) is 5.32 Å². The van der Waals surface area contributed by atoms with Crippen LogP contribution in [0.3, 0.4) is 0 Å². The number of benzene rings is 1. The zero-order valence-electron chi connectivity index (χ0n) is 11.0. The molecule has 1 aromatic heterocycles. The van der Waals surface area contributed by atoms with E-state index in [0.29, 0.717) is 15.9 Å². The zero-order valence-corrected chi connectivity index (χ0v) is 12.6. The number of aryl methyl sites for hydroxylation is 1. The third kappa shape index (κ3) is 3.60. The van der Waals surface area contributed by atoms with Crippen LogP contribution in [0.1, 0.15) is 24.5 Å². The van der Waals surface area contributed by atoms with Gasteiger partial charge in [-0.2, -0.15) is 0 Å². The van der Waals surface area contributed by atoms with E-state index in [0.717, 1.165) is 5.76 Å². The first kappa shape index (κ1) is 14.6. The summed E-state index contributed by atoms with van der Waals surface area (Å²) in [5.74, 6) is 1.09. The van der Waals surface area contributed by atoms with E-state index in [1.54, 1.807) is 0 Å². The van der Waals surface area contributed by atoms with Crippen LogP contribution in [-0.4, -0.2) is 6.03 Å². The van der Waals surface area contributed by atoms with Gasteiger partial charge in [-0.1, -0.05) is 0 Å². The molecule has 0 aliphatic heterocycles. The first-order valence-electron chi connectivity index (χ1n) is 6.04. The van der Waals surface area contributed by atoms with Crippen molar-refractivity contribution < 1.29 is 13.6 Å². The fourth-order valence-corrected chi connectivity index (χ4v) is 2.15. The van der Waals surface area contributed by atoms with E-state index < -0.39 is 0 Å². The Morgan fingerprint density at radius 2 is 2.10 bits per heavy atom. The van der Waals surface area contributed by atoms with E-state index in [1.165, 1.54) is 18.2 Å². The van der Waals surface area contributed by atoms with Crippen LogP contribution in [-0.2, 0) is 0 Å². The number of furan rings is 1. The Hall–Kier alpha value is -1.82. The van der Waals surface area contributed by atoms with E-state index in [2.05, 4.69) is 26.6 Å². The van der Waals surface area contributed by atoms with Crippen LogP contribution in [0.2, 0.25) is 0 Å². The van der Waals surface area contributed by atoms with E-state index in [9.17, 15) is 9.18 Å². The molecule has 4 nitrogen and oxygen atoms in total. The van der Waals surface area contributed by atoms with Crippen LogP contribution >= 0.6 is 15.9 Å². The summed E-state index contributed by atoms with van der Waals surface area (Å²) >= 11 is 3.19. The second-order valence-electron chi connectivity index (χ2n) is 4.39. The number of amides is 2. The number of carbonyl (C=O) groups is 1. The highest BCUT2D eigenvalue weighted by Gasteiger charge is 2.13. The lowest BCUT2D eigenvalue weighted by molar-refractivity contribution is 0.247. The number of hydrogen-bond acceptors (Lipinski definition) is 2. The molecule has 2 N–H and O–H groups in total. The Morgan fingerprint density at radius 3 is 2.70 bits per heavy atom. The molecule has 2 rings (SSSR count). The summed E-state index contributed by atoms with van der Waals surface area (Å²) in [6, 6.07) is 7.05. The van der Waals surface area contributed by atoms with Gasteiger partial charge in [-0.25, -0.2) is 9.18 Å². The van der Waals surface area contributed by atoms with Gasteiger partial charge in [0.15, 0.2) is 0 Å². The predicted molar refractivity (Wildman–Crippen MR) is 78.1 cm³/mol. The number of carbonyl (C=O) groups excluding carboxylic acids is 1. The van der Waals surface area contributed by atoms with Gasteiger partial charge in [-0.05, 0) is 60.1 Å². The Kier molecular flexibility index (Phi) is 4.44. The molecule has 0 saturated heterocycles. The third-order valence-corrected chi connectivity index (χ3v) is 3.37. The Morgan fingerprint density at radius 1 is 1.35 bits per heavy atom. The lowest BCUT2D eigenvalue weighted by Crippen LogP contribution is -2.31. The van der Waals surface area contributed by atoms with Gasteiger partial charge in [-0.3, -0.25) is 0 Å². The number of anilines is 1. The van der Waals surface area contributed by atoms with E-state index in [-0.39, 0.29) is 17.9 Å². The first-order valence-corrected chi connectivity index (χ1v) is 6.84. The maximum absolute atomic E-state index is 12.9. The highest BCUT2D eigenvalue weighted by Crippen LogP contribution is 2.23. The molecule has 0 aliphatic carbocycles. The largest absolute Gasteiger partial charge is 0.464 e. The molecule has 2 amide bonds. The maximum atomic E-state index is 12.9. The van der Waals surface area contributed by atoms with Crippen molar-refractivity contribution in [3.63, 3.8) is 0 Å². The molecule has 1 unspecified atom stereocenters. The Labute approximate surface area is 124 Å². The molecule has 0 spiro atoms. The van der Waals surface area contributed by atoms with Crippen molar-refractivity contribution in [1.82, 2.24) is 5.32 Å². The fourth-order valence-electron chi connectivity index (χ4n) is 1.70. The summed E-state index contributed by atoms with van der Waals surface area (Å²) in [4.78, 5) is 11.9. The lowest BCUT2D eigenvalue weighted by Gasteiger charge is -2.13. The monoisotopic (exact) mass is 340 g/mol. The Bertz CT molecular complexity index is 627. The molecule has 20 heavy (non-hydrogen) atoms. The number of halogens is 2. The first-order chi connectivity index (χ1) is 9.45. The smallest absolute Gasteiger partial charge is 0.319 e. The molecule has 1 aromatic carbocycles. The summed E-state index contributed by atoms with van der Waals surface area (Å²) in [6.07, 6.45) is 0. The zero-order chi connectivity index (χ0) is 14.7. The standard InChI is InChI=1S/C14H14BrFN2O2/c1-8-3-6-13(20-8)9(2)17-14(19)18-12-5-4-10(16)7-11(12)15/h3-7,9H,1-2H3,(H2,17,18,19). The van der Waals surface area contributed by atoms with Gasteiger partial charge in [-0.15, -0.1) is 0 Å². The van der Waals surface area contributed by atoms with Crippen LogP contribution in [0.15, 0.2) is 39.2 Å². The maximum Gasteiger partial charge on any atom is 0.319 e. The van der Waals surface area contributed by atoms with Crippen molar-refractivity contribution in [2.45, 2.75) is 19.9 Å². The fraction of sp³-hybridized carbons (Fsp3) is 0.214. The summed E-state index contributed by atoms with van der Waals surface area (Å²) in [7, 11) is 0. The number of nitrogens with one attached hydrogen (secondary N) is 2. The molecular weight excluding hydrogens is 327 g/mol. The van der Waals surface area contributed by atoms with Crippen molar-refractivity contribution in [1.29, 1.82) is 0 Å². The molecule has 0 aliphatic rings. The van der Waals surface area contributed by atoms with Crippen molar-refractivity contribution in [3.8, 4) is 0 Å². The predicted octanol–water partition coefficient (Wildman–Crippen LogP) is 4.37. The second kappa shape index (κ2) is 6.09.